The van der Waals surface area contributed by atoms with Crippen LogP contribution in [0.4, 0.5) is 19.0 Å². The van der Waals surface area contributed by atoms with Crippen LogP contribution in [0.25, 0.3) is 27.8 Å². The second kappa shape index (κ2) is 9.50. The van der Waals surface area contributed by atoms with E-state index < -0.39 is 11.7 Å². The van der Waals surface area contributed by atoms with Gasteiger partial charge in [-0.15, -0.1) is 0 Å². The Balaban J connectivity index is 1.63. The van der Waals surface area contributed by atoms with Crippen LogP contribution in [-0.2, 0) is 6.18 Å². The summed E-state index contributed by atoms with van der Waals surface area (Å²) in [5.74, 6) is 1.39. The molecule has 0 aliphatic carbocycles. The Hall–Kier alpha value is -4.11. The minimum absolute atomic E-state index is 0.0595. The molecule has 0 saturated heterocycles. The van der Waals surface area contributed by atoms with Crippen molar-refractivity contribution in [1.82, 2.24) is 19.4 Å². The van der Waals surface area contributed by atoms with E-state index in [1.165, 1.54) is 12.4 Å². The minimum atomic E-state index is -4.45. The monoisotopic (exact) mass is 491 g/mol. The summed E-state index contributed by atoms with van der Waals surface area (Å²) in [6.45, 7) is 0.496. The van der Waals surface area contributed by atoms with E-state index in [1.54, 1.807) is 16.9 Å². The van der Waals surface area contributed by atoms with Crippen molar-refractivity contribution in [2.45, 2.75) is 12.2 Å². The maximum atomic E-state index is 13.4. The number of rotatable bonds is 7. The van der Waals surface area contributed by atoms with Gasteiger partial charge in [-0.1, -0.05) is 36.4 Å². The summed E-state index contributed by atoms with van der Waals surface area (Å²) in [4.78, 5) is 11.0. The first kappa shape index (κ1) is 23.6. The minimum Gasteiger partial charge on any atom is -0.468 e. The highest BCUT2D eigenvalue weighted by atomic mass is 19.4. The molecular weight excluding hydrogens is 467 g/mol. The van der Waals surface area contributed by atoms with E-state index in [9.17, 15) is 13.2 Å². The quantitative estimate of drug-likeness (QED) is 0.285. The van der Waals surface area contributed by atoms with Crippen LogP contribution in [0.15, 0.2) is 89.9 Å². The molecule has 0 fully saturated rings. The largest absolute Gasteiger partial charge is 0.468 e. The molecular formula is C27H24F3N5O. The smallest absolute Gasteiger partial charge is 0.416 e. The molecule has 36 heavy (non-hydrogen) atoms. The maximum Gasteiger partial charge on any atom is 0.416 e. The Morgan fingerprint density at radius 2 is 1.81 bits per heavy atom. The highest BCUT2D eigenvalue weighted by Gasteiger charge is 2.31. The van der Waals surface area contributed by atoms with Gasteiger partial charge in [0, 0.05) is 24.0 Å². The van der Waals surface area contributed by atoms with Crippen molar-refractivity contribution in [1.29, 1.82) is 0 Å². The van der Waals surface area contributed by atoms with E-state index in [2.05, 4.69) is 15.3 Å². The summed E-state index contributed by atoms with van der Waals surface area (Å²) in [7, 11) is 3.92. The van der Waals surface area contributed by atoms with Gasteiger partial charge in [0.15, 0.2) is 5.65 Å². The number of fused-ring (bicyclic) bond motifs is 1. The van der Waals surface area contributed by atoms with Crippen molar-refractivity contribution in [3.8, 4) is 16.8 Å². The molecule has 0 aliphatic heterocycles. The third-order valence-electron chi connectivity index (χ3n) is 6.08. The Labute approximate surface area is 206 Å². The van der Waals surface area contributed by atoms with Gasteiger partial charge in [-0.05, 0) is 50.0 Å². The van der Waals surface area contributed by atoms with Gasteiger partial charge < -0.3 is 14.3 Å². The number of likely N-dealkylation sites (N-methyl/N-ethyl adjacent to an activating group) is 1. The second-order valence-electron chi connectivity index (χ2n) is 8.62. The first-order valence-electron chi connectivity index (χ1n) is 11.4. The molecule has 5 aromatic rings. The zero-order valence-corrected chi connectivity index (χ0v) is 19.7. The van der Waals surface area contributed by atoms with E-state index in [1.807, 2.05) is 67.7 Å². The van der Waals surface area contributed by atoms with Crippen molar-refractivity contribution in [3.63, 3.8) is 0 Å². The Bertz CT molecular complexity index is 1460. The summed E-state index contributed by atoms with van der Waals surface area (Å²) < 4.78 is 47.6. The van der Waals surface area contributed by atoms with E-state index in [0.717, 1.165) is 34.4 Å². The number of furan rings is 1. The van der Waals surface area contributed by atoms with Crippen LogP contribution < -0.4 is 5.32 Å². The highest BCUT2D eigenvalue weighted by Crippen LogP contribution is 2.37. The fraction of sp³-hybridized carbons (Fsp3) is 0.185. The summed E-state index contributed by atoms with van der Waals surface area (Å²) in [5.41, 5.74) is 1.86. The number of benzene rings is 2. The molecule has 0 spiro atoms. The lowest BCUT2D eigenvalue weighted by Gasteiger charge is -2.23. The number of nitrogens with zero attached hydrogens (tertiary/aromatic N) is 4. The van der Waals surface area contributed by atoms with Gasteiger partial charge in [0.05, 0.1) is 23.3 Å². The lowest BCUT2D eigenvalue weighted by atomic mass is 10.1. The number of alkyl halides is 3. The van der Waals surface area contributed by atoms with Crippen LogP contribution in [0.2, 0.25) is 0 Å². The Morgan fingerprint density at radius 3 is 2.50 bits per heavy atom. The first-order chi connectivity index (χ1) is 17.3. The first-order valence-corrected chi connectivity index (χ1v) is 11.4. The average Bonchev–Trinajstić information content (AvgIpc) is 3.53. The summed E-state index contributed by atoms with van der Waals surface area (Å²) >= 11 is 0. The van der Waals surface area contributed by atoms with Crippen molar-refractivity contribution < 1.29 is 17.6 Å². The molecule has 6 nitrogen and oxygen atoms in total. The molecule has 0 saturated carbocycles. The van der Waals surface area contributed by atoms with Crippen LogP contribution in [0.3, 0.4) is 0 Å². The van der Waals surface area contributed by atoms with Crippen molar-refractivity contribution >= 4 is 16.9 Å². The summed E-state index contributed by atoms with van der Waals surface area (Å²) in [6.07, 6.45) is 0.416. The number of hydrogen-bond donors (Lipinski definition) is 1. The molecule has 2 aromatic carbocycles. The number of halogens is 3. The number of hydrogen-bond acceptors (Lipinski definition) is 5. The normalized spacial score (nSPS) is 12.8. The molecule has 9 heteroatoms. The van der Waals surface area contributed by atoms with Gasteiger partial charge in [0.25, 0.3) is 0 Å². The topological polar surface area (TPSA) is 59.1 Å². The predicted molar refractivity (Wildman–Crippen MR) is 133 cm³/mol. The Morgan fingerprint density at radius 1 is 1.00 bits per heavy atom. The second-order valence-corrected chi connectivity index (χ2v) is 8.62. The predicted octanol–water partition coefficient (Wildman–Crippen LogP) is 6.41. The van der Waals surface area contributed by atoms with Gasteiger partial charge in [0.2, 0.25) is 0 Å². The van der Waals surface area contributed by atoms with Gasteiger partial charge in [0.1, 0.15) is 17.9 Å². The molecule has 0 radical (unpaired) electrons. The maximum absolute atomic E-state index is 13.4. The van der Waals surface area contributed by atoms with Crippen LogP contribution in [0, 0.1) is 0 Å². The fourth-order valence-corrected chi connectivity index (χ4v) is 4.27. The molecule has 5 rings (SSSR count). The van der Waals surface area contributed by atoms with Crippen LogP contribution in [0.1, 0.15) is 17.4 Å². The zero-order valence-electron chi connectivity index (χ0n) is 19.7. The number of anilines is 1. The molecule has 0 bridgehead atoms. The molecule has 1 unspecified atom stereocenters. The van der Waals surface area contributed by atoms with Crippen LogP contribution in [0.5, 0.6) is 0 Å². The molecule has 0 amide bonds. The SMILES string of the molecule is CN(C)C(CNc1ncnc2c1c(-c1ccccc1)cn2-c1cccc(C(F)(F)F)c1)c1ccco1. The third kappa shape index (κ3) is 4.57. The van der Waals surface area contributed by atoms with Crippen molar-refractivity contribution in [2.75, 3.05) is 26.0 Å². The molecule has 3 heterocycles. The summed E-state index contributed by atoms with van der Waals surface area (Å²) in [6, 6.07) is 18.6. The molecule has 1 atom stereocenters. The van der Waals surface area contributed by atoms with Gasteiger partial charge in [-0.25, -0.2) is 9.97 Å². The molecule has 1 N–H and O–H groups in total. The van der Waals surface area contributed by atoms with E-state index in [0.29, 0.717) is 23.7 Å². The van der Waals surface area contributed by atoms with Gasteiger partial charge in [-0.3, -0.25) is 4.90 Å². The van der Waals surface area contributed by atoms with E-state index >= 15 is 0 Å². The summed E-state index contributed by atoms with van der Waals surface area (Å²) in [5, 5.41) is 4.14. The number of nitrogens with one attached hydrogen (secondary N) is 1. The van der Waals surface area contributed by atoms with E-state index in [4.69, 9.17) is 4.42 Å². The standard InChI is InChI=1S/C27H24F3N5O/c1-34(2)22(23-12-7-13-36-23)15-31-25-24-21(18-8-4-3-5-9-18)16-35(26(24)33-17-32-25)20-11-6-10-19(14-20)27(28,29)30/h3-14,16-17,22H,15H2,1-2H3,(H,31,32,33). The van der Waals surface area contributed by atoms with Crippen LogP contribution in [-0.4, -0.2) is 40.1 Å². The lowest BCUT2D eigenvalue weighted by Crippen LogP contribution is -2.26. The van der Waals surface area contributed by atoms with Crippen LogP contribution >= 0.6 is 0 Å². The third-order valence-corrected chi connectivity index (χ3v) is 6.08. The average molecular weight is 492 g/mol. The fourth-order valence-electron chi connectivity index (χ4n) is 4.27. The molecule has 184 valence electrons. The van der Waals surface area contributed by atoms with Gasteiger partial charge >= 0.3 is 6.18 Å². The van der Waals surface area contributed by atoms with Gasteiger partial charge in [-0.2, -0.15) is 13.2 Å². The zero-order chi connectivity index (χ0) is 25.3. The number of aromatic nitrogens is 3. The molecule has 3 aromatic heterocycles. The Kier molecular flexibility index (Phi) is 6.24. The van der Waals surface area contributed by atoms with E-state index in [-0.39, 0.29) is 6.04 Å². The highest BCUT2D eigenvalue weighted by molar-refractivity contribution is 6.02. The molecule has 0 aliphatic rings. The lowest BCUT2D eigenvalue weighted by molar-refractivity contribution is -0.137. The van der Waals surface area contributed by atoms with Crippen molar-refractivity contribution in [3.05, 3.63) is 96.8 Å². The van der Waals surface area contributed by atoms with Crippen molar-refractivity contribution in [2.24, 2.45) is 0 Å².